The molecule has 0 aliphatic carbocycles. The van der Waals surface area contributed by atoms with E-state index >= 15 is 0 Å². The van der Waals surface area contributed by atoms with Crippen molar-refractivity contribution in [1.29, 1.82) is 0 Å². The molecule has 2 aromatic carbocycles. The smallest absolute Gasteiger partial charge is 0.178 e. The van der Waals surface area contributed by atoms with Gasteiger partial charge >= 0.3 is 0 Å². The van der Waals surface area contributed by atoms with Gasteiger partial charge in [0, 0.05) is 0 Å². The van der Waals surface area contributed by atoms with Crippen molar-refractivity contribution in [2.24, 2.45) is 0 Å². The maximum atomic E-state index is 12.6. The highest BCUT2D eigenvalue weighted by atomic mass is 32.2. The van der Waals surface area contributed by atoms with Crippen molar-refractivity contribution >= 4 is 20.8 Å². The van der Waals surface area contributed by atoms with Crippen LogP contribution in [0, 0.1) is 0 Å². The zero-order valence-corrected chi connectivity index (χ0v) is 13.0. The predicted molar refractivity (Wildman–Crippen MR) is 89.4 cm³/mol. The summed E-state index contributed by atoms with van der Waals surface area (Å²) in [7, 11) is -3.27. The highest BCUT2D eigenvalue weighted by molar-refractivity contribution is 8.00. The first-order valence-corrected chi connectivity index (χ1v) is 8.83. The first-order valence-electron chi connectivity index (χ1n) is 7.18. The molecular weight excluding hydrogens is 280 g/mol. The topological polar surface area (TPSA) is 34.1 Å². The summed E-state index contributed by atoms with van der Waals surface area (Å²) in [6.45, 7) is 2.00. The summed E-state index contributed by atoms with van der Waals surface area (Å²) >= 11 is 0. The number of rotatable bonds is 6. The Morgan fingerprint density at radius 1 is 0.952 bits per heavy atom. The predicted octanol–water partition coefficient (Wildman–Crippen LogP) is 4.40. The van der Waals surface area contributed by atoms with Crippen LogP contribution >= 0.6 is 0 Å². The molecule has 110 valence electrons. The monoisotopic (exact) mass is 300 g/mol. The quantitative estimate of drug-likeness (QED) is 0.741. The van der Waals surface area contributed by atoms with Gasteiger partial charge in [-0.3, -0.25) is 0 Å². The molecule has 3 heteroatoms. The van der Waals surface area contributed by atoms with Crippen molar-refractivity contribution in [2.45, 2.75) is 19.8 Å². The van der Waals surface area contributed by atoms with Gasteiger partial charge in [0.1, 0.15) is 0 Å². The molecule has 0 saturated carbocycles. The summed E-state index contributed by atoms with van der Waals surface area (Å²) in [5.74, 6) is 0.192. The van der Waals surface area contributed by atoms with Crippen LogP contribution < -0.4 is 0 Å². The van der Waals surface area contributed by atoms with Crippen LogP contribution in [0.15, 0.2) is 60.7 Å². The van der Waals surface area contributed by atoms with E-state index in [1.807, 2.05) is 67.6 Å². The lowest BCUT2D eigenvalue weighted by Crippen LogP contribution is -2.08. The lowest BCUT2D eigenvalue weighted by atomic mass is 10.1. The Balaban J connectivity index is 2.48. The molecule has 2 aromatic rings. The minimum Gasteiger partial charge on any atom is -0.224 e. The third-order valence-corrected chi connectivity index (χ3v) is 5.11. The Morgan fingerprint density at radius 3 is 2.10 bits per heavy atom. The lowest BCUT2D eigenvalue weighted by molar-refractivity contribution is 0.602. The third-order valence-electron chi connectivity index (χ3n) is 3.26. The molecular formula is C18H20O2S. The fourth-order valence-electron chi connectivity index (χ4n) is 2.10. The Labute approximate surface area is 127 Å². The van der Waals surface area contributed by atoms with Gasteiger partial charge in [-0.2, -0.15) is 0 Å². The minimum atomic E-state index is -3.27. The average Bonchev–Trinajstić information content (AvgIpc) is 2.52. The molecule has 0 N–H and O–H groups in total. The van der Waals surface area contributed by atoms with Crippen LogP contribution in [-0.2, 0) is 9.84 Å². The van der Waals surface area contributed by atoms with E-state index in [0.717, 1.165) is 17.5 Å². The molecule has 0 saturated heterocycles. The highest BCUT2D eigenvalue weighted by Crippen LogP contribution is 2.25. The Morgan fingerprint density at radius 2 is 1.52 bits per heavy atom. The van der Waals surface area contributed by atoms with Crippen molar-refractivity contribution in [3.8, 4) is 0 Å². The molecule has 0 unspecified atom stereocenters. The summed E-state index contributed by atoms with van der Waals surface area (Å²) in [5.41, 5.74) is 1.65. The van der Waals surface area contributed by atoms with Crippen LogP contribution in [0.1, 0.15) is 30.9 Å². The second-order valence-corrected chi connectivity index (χ2v) is 7.04. The molecule has 0 amide bonds. The Hall–Kier alpha value is -1.87. The number of sulfone groups is 1. The zero-order valence-electron chi connectivity index (χ0n) is 12.2. The zero-order chi connectivity index (χ0) is 15.1. The summed E-state index contributed by atoms with van der Waals surface area (Å²) in [4.78, 5) is 0.405. The van der Waals surface area contributed by atoms with Crippen molar-refractivity contribution < 1.29 is 8.42 Å². The molecule has 0 bridgehead atoms. The number of hydrogen-bond donors (Lipinski definition) is 0. The van der Waals surface area contributed by atoms with Gasteiger partial charge in [0.2, 0.25) is 0 Å². The lowest BCUT2D eigenvalue weighted by Gasteiger charge is -2.09. The second-order valence-electron chi connectivity index (χ2n) is 4.96. The SMILES string of the molecule is CCCCS(=O)(=O)/C(=C/c1ccccc1)c1ccccc1. The Bertz CT molecular complexity index is 687. The van der Waals surface area contributed by atoms with Gasteiger partial charge in [-0.15, -0.1) is 0 Å². The number of hydrogen-bond acceptors (Lipinski definition) is 2. The van der Waals surface area contributed by atoms with Crippen molar-refractivity contribution in [2.75, 3.05) is 5.75 Å². The van der Waals surface area contributed by atoms with Gasteiger partial charge in [0.05, 0.1) is 10.7 Å². The molecule has 0 fully saturated rings. The van der Waals surface area contributed by atoms with Crippen molar-refractivity contribution in [3.05, 3.63) is 71.8 Å². The molecule has 0 radical (unpaired) electrons. The van der Waals surface area contributed by atoms with E-state index in [2.05, 4.69) is 0 Å². The summed E-state index contributed by atoms with van der Waals surface area (Å²) in [5, 5.41) is 0. The number of benzene rings is 2. The van der Waals surface area contributed by atoms with Crippen molar-refractivity contribution in [3.63, 3.8) is 0 Å². The highest BCUT2D eigenvalue weighted by Gasteiger charge is 2.18. The minimum absolute atomic E-state index is 0.192. The summed E-state index contributed by atoms with van der Waals surface area (Å²) in [6, 6.07) is 18.9. The first-order chi connectivity index (χ1) is 10.1. The van der Waals surface area contributed by atoms with Gasteiger partial charge in [-0.1, -0.05) is 74.0 Å². The number of unbranched alkanes of at least 4 members (excludes halogenated alkanes) is 1. The standard InChI is InChI=1S/C18H20O2S/c1-2-3-14-21(19,20)18(17-12-8-5-9-13-17)15-16-10-6-4-7-11-16/h4-13,15H,2-3,14H2,1H3/b18-15+. The summed E-state index contributed by atoms with van der Waals surface area (Å²) in [6.07, 6.45) is 3.31. The molecule has 0 spiro atoms. The van der Waals surface area contributed by atoms with Crippen molar-refractivity contribution in [1.82, 2.24) is 0 Å². The van der Waals surface area contributed by atoms with E-state index in [4.69, 9.17) is 0 Å². The van der Waals surface area contributed by atoms with E-state index in [-0.39, 0.29) is 5.75 Å². The maximum Gasteiger partial charge on any atom is 0.178 e. The molecule has 0 aliphatic rings. The van der Waals surface area contributed by atoms with Crippen LogP contribution in [0.25, 0.3) is 11.0 Å². The van der Waals surface area contributed by atoms with Crippen LogP contribution in [-0.4, -0.2) is 14.2 Å². The van der Waals surface area contributed by atoms with Gasteiger partial charge < -0.3 is 0 Å². The molecule has 0 aromatic heterocycles. The molecule has 21 heavy (non-hydrogen) atoms. The molecule has 0 heterocycles. The van der Waals surface area contributed by atoms with E-state index in [0.29, 0.717) is 11.3 Å². The van der Waals surface area contributed by atoms with Crippen LogP contribution in [0.4, 0.5) is 0 Å². The van der Waals surface area contributed by atoms with Crippen LogP contribution in [0.2, 0.25) is 0 Å². The molecule has 0 atom stereocenters. The normalized spacial score (nSPS) is 12.3. The van der Waals surface area contributed by atoms with Crippen LogP contribution in [0.3, 0.4) is 0 Å². The van der Waals surface area contributed by atoms with E-state index in [1.165, 1.54) is 0 Å². The third kappa shape index (κ3) is 4.30. The fourth-order valence-corrected chi connectivity index (χ4v) is 3.80. The van der Waals surface area contributed by atoms with E-state index in [1.54, 1.807) is 6.08 Å². The maximum absolute atomic E-state index is 12.6. The van der Waals surface area contributed by atoms with Crippen LogP contribution in [0.5, 0.6) is 0 Å². The average molecular weight is 300 g/mol. The largest absolute Gasteiger partial charge is 0.224 e. The fraction of sp³-hybridized carbons (Fsp3) is 0.222. The van der Waals surface area contributed by atoms with Gasteiger partial charge in [0.25, 0.3) is 0 Å². The first kappa shape index (κ1) is 15.5. The molecule has 2 nitrogen and oxygen atoms in total. The molecule has 0 aliphatic heterocycles. The van der Waals surface area contributed by atoms with Gasteiger partial charge in [0.15, 0.2) is 9.84 Å². The van der Waals surface area contributed by atoms with E-state index in [9.17, 15) is 8.42 Å². The molecule has 2 rings (SSSR count). The Kier molecular flexibility index (Phi) is 5.34. The van der Waals surface area contributed by atoms with Gasteiger partial charge in [-0.25, -0.2) is 8.42 Å². The second kappa shape index (κ2) is 7.23. The van der Waals surface area contributed by atoms with Gasteiger partial charge in [-0.05, 0) is 23.6 Å². The summed E-state index contributed by atoms with van der Waals surface area (Å²) < 4.78 is 25.3. The van der Waals surface area contributed by atoms with E-state index < -0.39 is 9.84 Å².